The van der Waals surface area contributed by atoms with Crippen molar-refractivity contribution in [2.75, 3.05) is 25.5 Å². The zero-order chi connectivity index (χ0) is 16.3. The van der Waals surface area contributed by atoms with E-state index in [9.17, 15) is 9.90 Å². The number of rotatable bonds is 2. The molecule has 1 aliphatic rings. The predicted molar refractivity (Wildman–Crippen MR) is 85.9 cm³/mol. The third-order valence-corrected chi connectivity index (χ3v) is 4.77. The third kappa shape index (κ3) is 3.64. The van der Waals surface area contributed by atoms with E-state index in [4.69, 9.17) is 16.9 Å². The highest BCUT2D eigenvalue weighted by molar-refractivity contribution is 9.10. The minimum absolute atomic E-state index is 0.182. The van der Waals surface area contributed by atoms with Crippen molar-refractivity contribution < 1.29 is 14.6 Å². The number of anilines is 1. The van der Waals surface area contributed by atoms with Crippen LogP contribution in [0.15, 0.2) is 16.6 Å². The molecular formula is C14H15BrClN3O3. The second-order valence-electron chi connectivity index (χ2n) is 4.95. The maximum Gasteiger partial charge on any atom is 0.409 e. The molecule has 8 heteroatoms. The fourth-order valence-electron chi connectivity index (χ4n) is 2.35. The average Bonchev–Trinajstić information content (AvgIpc) is 2.52. The fraction of sp³-hybridized carbons (Fsp3) is 0.429. The van der Waals surface area contributed by atoms with E-state index in [1.807, 2.05) is 0 Å². The van der Waals surface area contributed by atoms with Crippen LogP contribution in [0.4, 0.5) is 10.5 Å². The molecule has 2 atom stereocenters. The van der Waals surface area contributed by atoms with E-state index in [1.54, 1.807) is 12.1 Å². The highest BCUT2D eigenvalue weighted by Crippen LogP contribution is 2.33. The Morgan fingerprint density at radius 2 is 2.36 bits per heavy atom. The van der Waals surface area contributed by atoms with E-state index in [0.717, 1.165) is 0 Å². The molecule has 1 aliphatic heterocycles. The molecule has 22 heavy (non-hydrogen) atoms. The van der Waals surface area contributed by atoms with Crippen molar-refractivity contribution in [3.05, 3.63) is 27.2 Å². The summed E-state index contributed by atoms with van der Waals surface area (Å²) in [6.45, 7) is 0.652. The topological polar surface area (TPSA) is 85.6 Å². The SMILES string of the molecule is COC(=O)N1CC[C@@H](Nc2cc(C#N)cc(Br)c2Cl)[C@H](O)C1. The number of aliphatic hydroxyl groups excluding tert-OH is 1. The minimum atomic E-state index is -0.756. The summed E-state index contributed by atoms with van der Waals surface area (Å²) in [6, 6.07) is 5.05. The highest BCUT2D eigenvalue weighted by atomic mass is 79.9. The number of aliphatic hydroxyl groups is 1. The summed E-state index contributed by atoms with van der Waals surface area (Å²) in [5, 5.41) is 22.8. The summed E-state index contributed by atoms with van der Waals surface area (Å²) in [7, 11) is 1.31. The number of likely N-dealkylation sites (tertiary alicyclic amines) is 1. The van der Waals surface area contributed by atoms with Crippen LogP contribution in [0, 0.1) is 11.3 Å². The van der Waals surface area contributed by atoms with Crippen LogP contribution in [0.5, 0.6) is 0 Å². The lowest BCUT2D eigenvalue weighted by molar-refractivity contribution is 0.0504. The first-order valence-corrected chi connectivity index (χ1v) is 7.80. The van der Waals surface area contributed by atoms with E-state index in [2.05, 4.69) is 32.1 Å². The van der Waals surface area contributed by atoms with Gasteiger partial charge in [0.1, 0.15) is 0 Å². The van der Waals surface area contributed by atoms with Crippen molar-refractivity contribution in [3.63, 3.8) is 0 Å². The van der Waals surface area contributed by atoms with Crippen molar-refractivity contribution in [1.29, 1.82) is 5.26 Å². The van der Waals surface area contributed by atoms with E-state index < -0.39 is 12.2 Å². The van der Waals surface area contributed by atoms with Crippen molar-refractivity contribution in [1.82, 2.24) is 4.90 Å². The maximum atomic E-state index is 11.5. The minimum Gasteiger partial charge on any atom is -0.453 e. The normalized spacial score (nSPS) is 21.1. The molecule has 0 spiro atoms. The van der Waals surface area contributed by atoms with Crippen molar-refractivity contribution >= 4 is 39.3 Å². The van der Waals surface area contributed by atoms with Crippen LogP contribution in [0.2, 0.25) is 5.02 Å². The van der Waals surface area contributed by atoms with Gasteiger partial charge >= 0.3 is 6.09 Å². The Morgan fingerprint density at radius 1 is 1.64 bits per heavy atom. The Bertz CT molecular complexity index is 620. The predicted octanol–water partition coefficient (Wildman–Crippen LogP) is 2.59. The van der Waals surface area contributed by atoms with Crippen LogP contribution in [0.25, 0.3) is 0 Å². The van der Waals surface area contributed by atoms with Crippen LogP contribution in [0.1, 0.15) is 12.0 Å². The van der Waals surface area contributed by atoms with Crippen molar-refractivity contribution in [2.24, 2.45) is 0 Å². The number of halogens is 2. The fourth-order valence-corrected chi connectivity index (χ4v) is 2.98. The van der Waals surface area contributed by atoms with Gasteiger partial charge in [-0.05, 0) is 34.5 Å². The number of nitrogens with one attached hydrogen (secondary N) is 1. The van der Waals surface area contributed by atoms with Gasteiger partial charge in [0.15, 0.2) is 0 Å². The Labute approximate surface area is 141 Å². The molecule has 1 heterocycles. The molecule has 1 aromatic carbocycles. The summed E-state index contributed by atoms with van der Waals surface area (Å²) in [6.07, 6.45) is -0.667. The van der Waals surface area contributed by atoms with Crippen LogP contribution >= 0.6 is 27.5 Å². The largest absolute Gasteiger partial charge is 0.453 e. The molecular weight excluding hydrogens is 374 g/mol. The van der Waals surface area contributed by atoms with Gasteiger partial charge in [-0.2, -0.15) is 5.26 Å². The number of nitrogens with zero attached hydrogens (tertiary/aromatic N) is 2. The lowest BCUT2D eigenvalue weighted by atomic mass is 10.0. The zero-order valence-corrected chi connectivity index (χ0v) is 14.2. The monoisotopic (exact) mass is 387 g/mol. The lowest BCUT2D eigenvalue weighted by Crippen LogP contribution is -2.51. The summed E-state index contributed by atoms with van der Waals surface area (Å²) in [5.41, 5.74) is 1.03. The maximum absolute atomic E-state index is 11.5. The number of amides is 1. The summed E-state index contributed by atoms with van der Waals surface area (Å²) in [5.74, 6) is 0. The van der Waals surface area contributed by atoms with Gasteiger partial charge in [-0.15, -0.1) is 0 Å². The van der Waals surface area contributed by atoms with Gasteiger partial charge in [-0.25, -0.2) is 4.79 Å². The van der Waals surface area contributed by atoms with Crippen LogP contribution in [-0.4, -0.2) is 48.4 Å². The molecule has 1 fully saturated rings. The molecule has 1 amide bonds. The number of hydrogen-bond donors (Lipinski definition) is 2. The number of carbonyl (C=O) groups excluding carboxylic acids is 1. The number of nitriles is 1. The molecule has 0 saturated carbocycles. The molecule has 118 valence electrons. The number of methoxy groups -OCH3 is 1. The molecule has 6 nitrogen and oxygen atoms in total. The quantitative estimate of drug-likeness (QED) is 0.813. The summed E-state index contributed by atoms with van der Waals surface area (Å²) < 4.78 is 5.26. The lowest BCUT2D eigenvalue weighted by Gasteiger charge is -2.36. The molecule has 0 aromatic heterocycles. The number of β-amino-alcohol motifs (C(OH)–C–C–N with tert-alkyl or cyclic N) is 1. The molecule has 1 saturated heterocycles. The molecule has 0 radical (unpaired) electrons. The van der Waals surface area contributed by atoms with Crippen LogP contribution in [-0.2, 0) is 4.74 Å². The second-order valence-corrected chi connectivity index (χ2v) is 6.19. The number of hydrogen-bond acceptors (Lipinski definition) is 5. The molecule has 1 aromatic rings. The Balaban J connectivity index is 2.11. The molecule has 2 N–H and O–H groups in total. The summed E-state index contributed by atoms with van der Waals surface area (Å²) >= 11 is 9.51. The van der Waals surface area contributed by atoms with Gasteiger partial charge in [0.2, 0.25) is 0 Å². The van der Waals surface area contributed by atoms with Gasteiger partial charge < -0.3 is 20.1 Å². The average molecular weight is 389 g/mol. The number of piperidine rings is 1. The van der Waals surface area contributed by atoms with E-state index in [0.29, 0.717) is 33.7 Å². The van der Waals surface area contributed by atoms with Crippen molar-refractivity contribution in [2.45, 2.75) is 18.6 Å². The zero-order valence-electron chi connectivity index (χ0n) is 11.8. The highest BCUT2D eigenvalue weighted by Gasteiger charge is 2.31. The standard InChI is InChI=1S/C14H15BrClN3O3/c1-22-14(21)19-3-2-10(12(20)7-19)18-11-5-8(6-17)4-9(15)13(11)16/h4-5,10,12,18,20H,2-3,7H2,1H3/t10-,12-/m1/s1. The number of benzene rings is 1. The number of carbonyl (C=O) groups is 1. The van der Waals surface area contributed by atoms with Gasteiger partial charge in [0.25, 0.3) is 0 Å². The van der Waals surface area contributed by atoms with Gasteiger partial charge in [-0.3, -0.25) is 0 Å². The van der Waals surface area contributed by atoms with Crippen LogP contribution in [0.3, 0.4) is 0 Å². The van der Waals surface area contributed by atoms with Crippen molar-refractivity contribution in [3.8, 4) is 6.07 Å². The van der Waals surface area contributed by atoms with E-state index in [-0.39, 0.29) is 12.6 Å². The Kier molecular flexibility index (Phi) is 5.51. The molecule has 2 rings (SSSR count). The van der Waals surface area contributed by atoms with E-state index >= 15 is 0 Å². The Hall–Kier alpha value is -1.49. The summed E-state index contributed by atoms with van der Waals surface area (Å²) in [4.78, 5) is 12.9. The third-order valence-electron chi connectivity index (χ3n) is 3.51. The first kappa shape index (κ1) is 16.9. The smallest absolute Gasteiger partial charge is 0.409 e. The first-order chi connectivity index (χ1) is 10.5. The van der Waals surface area contributed by atoms with Gasteiger partial charge in [-0.1, -0.05) is 11.6 Å². The van der Waals surface area contributed by atoms with Gasteiger partial charge in [0.05, 0.1) is 48.1 Å². The van der Waals surface area contributed by atoms with E-state index in [1.165, 1.54) is 12.0 Å². The van der Waals surface area contributed by atoms with Crippen LogP contribution < -0.4 is 5.32 Å². The molecule has 0 unspecified atom stereocenters. The molecule has 0 bridgehead atoms. The first-order valence-electron chi connectivity index (χ1n) is 6.63. The van der Waals surface area contributed by atoms with Gasteiger partial charge in [0, 0.05) is 11.0 Å². The Morgan fingerprint density at radius 3 is 2.95 bits per heavy atom. The second kappa shape index (κ2) is 7.18. The number of ether oxygens (including phenoxy) is 1. The molecule has 0 aliphatic carbocycles.